The molecule has 6 heteroatoms. The van der Waals surface area contributed by atoms with Gasteiger partial charge in [0, 0.05) is 22.9 Å². The van der Waals surface area contributed by atoms with Crippen molar-refractivity contribution in [2.24, 2.45) is 0 Å². The van der Waals surface area contributed by atoms with E-state index >= 15 is 0 Å². The van der Waals surface area contributed by atoms with E-state index in [0.717, 1.165) is 31.2 Å². The van der Waals surface area contributed by atoms with Gasteiger partial charge in [0.1, 0.15) is 0 Å². The molecule has 2 aliphatic rings. The van der Waals surface area contributed by atoms with E-state index < -0.39 is 5.41 Å². The Hall–Kier alpha value is -2.37. The standard InChI is InChI=1S/C23H25ClN2O3/c1-2-29-20-14-19(20)26-22(28)23(11-4-12-23)16-7-9-18(10-8-16)25-21(27)15-5-3-6-17(24)13-15/h3,5-10,13,19-20H,2,4,11-12,14H2,1H3,(H,25,27)(H,26,28). The van der Waals surface area contributed by atoms with Crippen LogP contribution in [0.5, 0.6) is 0 Å². The number of rotatable bonds is 7. The Morgan fingerprint density at radius 3 is 2.55 bits per heavy atom. The lowest BCUT2D eigenvalue weighted by Crippen LogP contribution is -2.50. The number of carbonyl (C=O) groups is 2. The van der Waals surface area contributed by atoms with Gasteiger partial charge in [0.15, 0.2) is 0 Å². The molecule has 2 fully saturated rings. The lowest BCUT2D eigenvalue weighted by atomic mass is 9.63. The maximum absolute atomic E-state index is 13.0. The molecule has 2 amide bonds. The molecule has 0 heterocycles. The van der Waals surface area contributed by atoms with Crippen molar-refractivity contribution in [1.82, 2.24) is 5.32 Å². The Labute approximate surface area is 175 Å². The van der Waals surface area contributed by atoms with Crippen molar-refractivity contribution >= 4 is 29.1 Å². The molecule has 2 saturated carbocycles. The second kappa shape index (κ2) is 8.17. The van der Waals surface area contributed by atoms with E-state index in [4.69, 9.17) is 16.3 Å². The van der Waals surface area contributed by atoms with Crippen LogP contribution in [-0.2, 0) is 14.9 Å². The number of halogens is 1. The molecule has 2 aliphatic carbocycles. The number of benzene rings is 2. The second-order valence-electron chi connectivity index (χ2n) is 7.79. The highest BCUT2D eigenvalue weighted by Crippen LogP contribution is 2.45. The first-order chi connectivity index (χ1) is 14.0. The van der Waals surface area contributed by atoms with Gasteiger partial charge in [0.25, 0.3) is 5.91 Å². The van der Waals surface area contributed by atoms with Crippen LogP contribution in [0, 0.1) is 0 Å². The first kappa shape index (κ1) is 19.9. The topological polar surface area (TPSA) is 67.4 Å². The molecule has 0 radical (unpaired) electrons. The van der Waals surface area contributed by atoms with Crippen LogP contribution in [0.3, 0.4) is 0 Å². The first-order valence-electron chi connectivity index (χ1n) is 10.1. The third-order valence-corrected chi connectivity index (χ3v) is 6.09. The molecule has 29 heavy (non-hydrogen) atoms. The summed E-state index contributed by atoms with van der Waals surface area (Å²) in [5.74, 6) is -0.126. The van der Waals surface area contributed by atoms with E-state index in [1.165, 1.54) is 0 Å². The Morgan fingerprint density at radius 1 is 1.17 bits per heavy atom. The third kappa shape index (κ3) is 4.16. The highest BCUT2D eigenvalue weighted by atomic mass is 35.5. The van der Waals surface area contributed by atoms with Crippen LogP contribution in [0.1, 0.15) is 48.5 Å². The molecule has 2 unspecified atom stereocenters. The SMILES string of the molecule is CCOC1CC1NC(=O)C1(c2ccc(NC(=O)c3cccc(Cl)c3)cc2)CCC1. The van der Waals surface area contributed by atoms with E-state index in [1.54, 1.807) is 24.3 Å². The maximum Gasteiger partial charge on any atom is 0.255 e. The number of nitrogens with one attached hydrogen (secondary N) is 2. The Balaban J connectivity index is 1.42. The van der Waals surface area contributed by atoms with Gasteiger partial charge in [-0.2, -0.15) is 0 Å². The average Bonchev–Trinajstić information content (AvgIpc) is 3.39. The quantitative estimate of drug-likeness (QED) is 0.712. The van der Waals surface area contributed by atoms with Gasteiger partial charge in [-0.15, -0.1) is 0 Å². The molecule has 2 N–H and O–H groups in total. The highest BCUT2D eigenvalue weighted by Gasteiger charge is 2.49. The van der Waals surface area contributed by atoms with Crippen LogP contribution in [0.25, 0.3) is 0 Å². The predicted molar refractivity (Wildman–Crippen MR) is 113 cm³/mol. The van der Waals surface area contributed by atoms with E-state index in [-0.39, 0.29) is 24.0 Å². The molecule has 152 valence electrons. The number of hydrogen-bond donors (Lipinski definition) is 2. The summed E-state index contributed by atoms with van der Waals surface area (Å²) in [6, 6.07) is 14.6. The third-order valence-electron chi connectivity index (χ3n) is 5.85. The van der Waals surface area contributed by atoms with Crippen molar-refractivity contribution in [3.8, 4) is 0 Å². The molecule has 2 aromatic rings. The maximum atomic E-state index is 13.0. The van der Waals surface area contributed by atoms with Gasteiger partial charge in [-0.25, -0.2) is 0 Å². The summed E-state index contributed by atoms with van der Waals surface area (Å²) in [7, 11) is 0. The largest absolute Gasteiger partial charge is 0.376 e. The molecule has 0 spiro atoms. The average molecular weight is 413 g/mol. The molecule has 0 aliphatic heterocycles. The van der Waals surface area contributed by atoms with Crippen LogP contribution in [0.4, 0.5) is 5.69 Å². The Kier molecular flexibility index (Phi) is 5.61. The fourth-order valence-electron chi connectivity index (χ4n) is 3.91. The van der Waals surface area contributed by atoms with Crippen LogP contribution < -0.4 is 10.6 Å². The fraction of sp³-hybridized carbons (Fsp3) is 0.391. The Bertz CT molecular complexity index is 909. The number of ether oxygens (including phenoxy) is 1. The molecule has 4 rings (SSSR count). The molecule has 0 saturated heterocycles. The van der Waals surface area contributed by atoms with E-state index in [0.29, 0.717) is 22.9 Å². The number of hydrogen-bond acceptors (Lipinski definition) is 3. The molecule has 2 aromatic carbocycles. The molecular weight excluding hydrogens is 388 g/mol. The fourth-order valence-corrected chi connectivity index (χ4v) is 4.10. The number of carbonyl (C=O) groups excluding carboxylic acids is 2. The highest BCUT2D eigenvalue weighted by molar-refractivity contribution is 6.31. The summed E-state index contributed by atoms with van der Waals surface area (Å²) in [6.07, 6.45) is 3.79. The van der Waals surface area contributed by atoms with Gasteiger partial charge in [-0.05, 0) is 62.1 Å². The van der Waals surface area contributed by atoms with Gasteiger partial charge >= 0.3 is 0 Å². The van der Waals surface area contributed by atoms with Crippen LogP contribution in [-0.4, -0.2) is 30.6 Å². The summed E-state index contributed by atoms with van der Waals surface area (Å²) < 4.78 is 5.57. The van der Waals surface area contributed by atoms with Crippen molar-refractivity contribution < 1.29 is 14.3 Å². The van der Waals surface area contributed by atoms with Gasteiger partial charge in [-0.1, -0.05) is 36.2 Å². The Morgan fingerprint density at radius 2 is 1.93 bits per heavy atom. The van der Waals surface area contributed by atoms with Crippen molar-refractivity contribution in [2.75, 3.05) is 11.9 Å². The monoisotopic (exact) mass is 412 g/mol. The van der Waals surface area contributed by atoms with Crippen LogP contribution in [0.15, 0.2) is 48.5 Å². The molecule has 2 atom stereocenters. The van der Waals surface area contributed by atoms with E-state index in [2.05, 4.69) is 10.6 Å². The zero-order valence-corrected chi connectivity index (χ0v) is 17.2. The lowest BCUT2D eigenvalue weighted by Gasteiger charge is -2.41. The summed E-state index contributed by atoms with van der Waals surface area (Å²) in [5.41, 5.74) is 1.72. The van der Waals surface area contributed by atoms with Crippen molar-refractivity contribution in [3.05, 3.63) is 64.7 Å². The smallest absolute Gasteiger partial charge is 0.255 e. The zero-order valence-electron chi connectivity index (χ0n) is 16.4. The second-order valence-corrected chi connectivity index (χ2v) is 8.22. The minimum atomic E-state index is -0.463. The van der Waals surface area contributed by atoms with E-state index in [1.807, 2.05) is 31.2 Å². The zero-order chi connectivity index (χ0) is 20.4. The lowest BCUT2D eigenvalue weighted by molar-refractivity contribution is -0.130. The predicted octanol–water partition coefficient (Wildman–Crippen LogP) is 4.31. The van der Waals surface area contributed by atoms with Gasteiger partial charge in [0.05, 0.1) is 17.6 Å². The summed E-state index contributed by atoms with van der Waals surface area (Å²) >= 11 is 5.96. The van der Waals surface area contributed by atoms with Crippen LogP contribution in [0.2, 0.25) is 5.02 Å². The number of anilines is 1. The first-order valence-corrected chi connectivity index (χ1v) is 10.5. The molecular formula is C23H25ClN2O3. The summed E-state index contributed by atoms with van der Waals surface area (Å²) in [6.45, 7) is 2.64. The van der Waals surface area contributed by atoms with Crippen molar-refractivity contribution in [2.45, 2.75) is 50.2 Å². The minimum Gasteiger partial charge on any atom is -0.376 e. The number of amides is 2. The van der Waals surface area contributed by atoms with Crippen molar-refractivity contribution in [3.63, 3.8) is 0 Å². The van der Waals surface area contributed by atoms with Crippen LogP contribution >= 0.6 is 11.6 Å². The summed E-state index contributed by atoms with van der Waals surface area (Å²) in [5, 5.41) is 6.56. The normalized spacial score (nSPS) is 21.7. The van der Waals surface area contributed by atoms with Crippen molar-refractivity contribution in [1.29, 1.82) is 0 Å². The van der Waals surface area contributed by atoms with Gasteiger partial charge < -0.3 is 15.4 Å². The van der Waals surface area contributed by atoms with Gasteiger partial charge in [0.2, 0.25) is 5.91 Å². The molecule has 0 bridgehead atoms. The van der Waals surface area contributed by atoms with E-state index in [9.17, 15) is 9.59 Å². The summed E-state index contributed by atoms with van der Waals surface area (Å²) in [4.78, 5) is 25.4. The molecule has 5 nitrogen and oxygen atoms in total. The molecule has 0 aromatic heterocycles. The minimum absolute atomic E-state index is 0.0895. The van der Waals surface area contributed by atoms with Gasteiger partial charge in [-0.3, -0.25) is 9.59 Å².